The van der Waals surface area contributed by atoms with E-state index in [0.717, 1.165) is 30.4 Å². The fourth-order valence-corrected chi connectivity index (χ4v) is 4.69. The number of fused-ring (bicyclic) bond motifs is 1. The number of nitrogens with one attached hydrogen (secondary N) is 1. The van der Waals surface area contributed by atoms with Gasteiger partial charge in [0, 0.05) is 18.2 Å². The molecule has 2 aromatic heterocycles. The fraction of sp³-hybridized carbons (Fsp3) is 0.280. The van der Waals surface area contributed by atoms with Gasteiger partial charge in [-0.05, 0) is 37.1 Å². The van der Waals surface area contributed by atoms with Crippen LogP contribution in [0.4, 0.5) is 10.1 Å². The molecule has 4 aromatic rings. The lowest BCUT2D eigenvalue weighted by Gasteiger charge is -2.15. The summed E-state index contributed by atoms with van der Waals surface area (Å²) < 4.78 is 27.7. The van der Waals surface area contributed by atoms with Gasteiger partial charge in [0.05, 0.1) is 24.1 Å². The number of carbonyl (C=O) groups is 1. The second kappa shape index (κ2) is 10.8. The van der Waals surface area contributed by atoms with Crippen LogP contribution in [0.3, 0.4) is 0 Å². The van der Waals surface area contributed by atoms with Gasteiger partial charge < -0.3 is 19.4 Å². The predicted molar refractivity (Wildman–Crippen MR) is 131 cm³/mol. The number of hydrogen-bond acceptors (Lipinski definition) is 7. The number of aromatic nitrogens is 4. The molecule has 35 heavy (non-hydrogen) atoms. The normalized spacial score (nSPS) is 15.4. The molecule has 1 amide bonds. The van der Waals surface area contributed by atoms with Crippen molar-refractivity contribution < 1.29 is 18.7 Å². The van der Waals surface area contributed by atoms with Crippen molar-refractivity contribution in [2.75, 3.05) is 17.7 Å². The molecule has 3 heterocycles. The van der Waals surface area contributed by atoms with Crippen LogP contribution < -0.4 is 10.1 Å². The summed E-state index contributed by atoms with van der Waals surface area (Å²) in [5.41, 5.74) is 0.927. The van der Waals surface area contributed by atoms with E-state index in [9.17, 15) is 9.18 Å². The van der Waals surface area contributed by atoms with Crippen molar-refractivity contribution in [3.63, 3.8) is 0 Å². The molecule has 0 saturated carbocycles. The predicted octanol–water partition coefficient (Wildman–Crippen LogP) is 4.45. The van der Waals surface area contributed by atoms with Crippen molar-refractivity contribution in [2.45, 2.75) is 37.3 Å². The number of para-hydroxylation sites is 2. The topological polar surface area (TPSA) is 91.2 Å². The van der Waals surface area contributed by atoms with Crippen molar-refractivity contribution in [1.82, 2.24) is 19.7 Å². The summed E-state index contributed by atoms with van der Waals surface area (Å²) in [7, 11) is 0. The van der Waals surface area contributed by atoms with Gasteiger partial charge in [-0.2, -0.15) is 0 Å². The van der Waals surface area contributed by atoms with E-state index in [1.807, 2.05) is 34.9 Å². The standard InChI is InChI=1S/C25H24FN5O3S/c26-19-9-1-2-10-20(19)28-23(32)16-35-25-30-29-22(31(25)14-18-8-5-13-33-18)15-34-21-11-3-6-17-7-4-12-27-24(17)21/h1-4,6-7,9-12,18H,5,8,13-16H2,(H,28,32)/t18-/m1/s1. The van der Waals surface area contributed by atoms with Crippen LogP contribution in [0.15, 0.2) is 66.0 Å². The molecule has 10 heteroatoms. The van der Waals surface area contributed by atoms with E-state index in [0.29, 0.717) is 23.3 Å². The largest absolute Gasteiger partial charge is 0.483 e. The lowest BCUT2D eigenvalue weighted by Crippen LogP contribution is -2.20. The molecule has 180 valence electrons. The third kappa shape index (κ3) is 5.60. The quantitative estimate of drug-likeness (QED) is 0.344. The van der Waals surface area contributed by atoms with Crippen LogP contribution in [0.5, 0.6) is 5.75 Å². The molecule has 8 nitrogen and oxygen atoms in total. The Morgan fingerprint density at radius 2 is 2.06 bits per heavy atom. The first-order chi connectivity index (χ1) is 17.2. The van der Waals surface area contributed by atoms with Crippen LogP contribution in [0.1, 0.15) is 18.7 Å². The molecule has 2 aromatic carbocycles. The Morgan fingerprint density at radius 3 is 2.91 bits per heavy atom. The van der Waals surface area contributed by atoms with Gasteiger partial charge in [-0.15, -0.1) is 10.2 Å². The molecule has 1 atom stereocenters. The molecule has 0 aliphatic carbocycles. The number of thioether (sulfide) groups is 1. The van der Waals surface area contributed by atoms with Gasteiger partial charge in [-0.25, -0.2) is 4.39 Å². The number of rotatable bonds is 9. The monoisotopic (exact) mass is 493 g/mol. The summed E-state index contributed by atoms with van der Waals surface area (Å²) in [6.07, 6.45) is 3.74. The summed E-state index contributed by atoms with van der Waals surface area (Å²) in [6, 6.07) is 15.7. The summed E-state index contributed by atoms with van der Waals surface area (Å²) in [6.45, 7) is 1.49. The Kier molecular flexibility index (Phi) is 7.20. The van der Waals surface area contributed by atoms with Crippen LogP contribution in [0, 0.1) is 5.82 Å². The van der Waals surface area contributed by atoms with Crippen molar-refractivity contribution >= 4 is 34.3 Å². The number of hydrogen-bond donors (Lipinski definition) is 1. The van der Waals surface area contributed by atoms with Gasteiger partial charge in [0.1, 0.15) is 23.7 Å². The molecule has 5 rings (SSSR count). The van der Waals surface area contributed by atoms with E-state index in [-0.39, 0.29) is 30.1 Å². The molecular formula is C25H24FN5O3S. The summed E-state index contributed by atoms with van der Waals surface area (Å²) in [5, 5.41) is 12.8. The van der Waals surface area contributed by atoms with Gasteiger partial charge in [0.15, 0.2) is 11.0 Å². The Hall–Kier alpha value is -3.50. The SMILES string of the molecule is O=C(CSc1nnc(COc2cccc3cccnc23)n1C[C@H]1CCCO1)Nc1ccccc1F. The molecule has 0 bridgehead atoms. The Bertz CT molecular complexity index is 1320. The zero-order chi connectivity index (χ0) is 24.0. The first-order valence-corrected chi connectivity index (χ1v) is 12.3. The van der Waals surface area contributed by atoms with E-state index in [2.05, 4.69) is 20.5 Å². The highest BCUT2D eigenvalue weighted by Crippen LogP contribution is 2.26. The second-order valence-corrected chi connectivity index (χ2v) is 9.02. The number of carbonyl (C=O) groups excluding carboxylic acids is 1. The van der Waals surface area contributed by atoms with Crippen LogP contribution in [0.2, 0.25) is 0 Å². The first-order valence-electron chi connectivity index (χ1n) is 11.3. The van der Waals surface area contributed by atoms with Gasteiger partial charge in [-0.3, -0.25) is 9.78 Å². The fourth-order valence-electron chi connectivity index (χ4n) is 3.92. The van der Waals surface area contributed by atoms with E-state index in [1.54, 1.807) is 18.3 Å². The number of anilines is 1. The number of halogens is 1. The molecule has 0 unspecified atom stereocenters. The van der Waals surface area contributed by atoms with E-state index < -0.39 is 5.82 Å². The summed E-state index contributed by atoms with van der Waals surface area (Å²) in [5.74, 6) is 0.548. The minimum absolute atomic E-state index is 0.0514. The minimum Gasteiger partial charge on any atom is -0.483 e. The number of nitrogens with zero attached hydrogens (tertiary/aromatic N) is 4. The average Bonchev–Trinajstić information content (AvgIpc) is 3.53. The highest BCUT2D eigenvalue weighted by Gasteiger charge is 2.22. The highest BCUT2D eigenvalue weighted by atomic mass is 32.2. The van der Waals surface area contributed by atoms with E-state index in [4.69, 9.17) is 9.47 Å². The summed E-state index contributed by atoms with van der Waals surface area (Å²) >= 11 is 1.24. The highest BCUT2D eigenvalue weighted by molar-refractivity contribution is 7.99. The van der Waals surface area contributed by atoms with Gasteiger partial charge in [0.2, 0.25) is 5.91 Å². The van der Waals surface area contributed by atoms with Crippen molar-refractivity contribution in [1.29, 1.82) is 0 Å². The number of ether oxygens (including phenoxy) is 2. The van der Waals surface area contributed by atoms with Gasteiger partial charge in [-0.1, -0.05) is 42.1 Å². The van der Waals surface area contributed by atoms with Crippen LogP contribution >= 0.6 is 11.8 Å². The third-order valence-corrected chi connectivity index (χ3v) is 6.60. The van der Waals surface area contributed by atoms with Crippen LogP contribution in [0.25, 0.3) is 10.9 Å². The maximum Gasteiger partial charge on any atom is 0.234 e. The minimum atomic E-state index is -0.477. The number of benzene rings is 2. The van der Waals surface area contributed by atoms with Gasteiger partial charge in [0.25, 0.3) is 0 Å². The zero-order valence-corrected chi connectivity index (χ0v) is 19.7. The smallest absolute Gasteiger partial charge is 0.234 e. The van der Waals surface area contributed by atoms with Crippen molar-refractivity contribution in [3.8, 4) is 5.75 Å². The maximum atomic E-state index is 13.8. The molecule has 1 aliphatic heterocycles. The lowest BCUT2D eigenvalue weighted by atomic mass is 10.2. The molecule has 1 N–H and O–H groups in total. The van der Waals surface area contributed by atoms with Crippen molar-refractivity contribution in [2.24, 2.45) is 0 Å². The van der Waals surface area contributed by atoms with Crippen LogP contribution in [-0.4, -0.2) is 44.1 Å². The van der Waals surface area contributed by atoms with E-state index >= 15 is 0 Å². The lowest BCUT2D eigenvalue weighted by molar-refractivity contribution is -0.113. The molecule has 1 fully saturated rings. The first kappa shape index (κ1) is 23.3. The second-order valence-electron chi connectivity index (χ2n) is 8.08. The molecule has 0 radical (unpaired) electrons. The van der Waals surface area contributed by atoms with Gasteiger partial charge >= 0.3 is 0 Å². The Balaban J connectivity index is 1.30. The van der Waals surface area contributed by atoms with Crippen LogP contribution in [-0.2, 0) is 22.7 Å². The number of amides is 1. The molecule has 0 spiro atoms. The van der Waals surface area contributed by atoms with E-state index in [1.165, 1.54) is 23.9 Å². The average molecular weight is 494 g/mol. The Labute approximate surface area is 205 Å². The Morgan fingerprint density at radius 1 is 1.17 bits per heavy atom. The third-order valence-electron chi connectivity index (χ3n) is 5.64. The maximum absolute atomic E-state index is 13.8. The zero-order valence-electron chi connectivity index (χ0n) is 18.9. The summed E-state index contributed by atoms with van der Waals surface area (Å²) in [4.78, 5) is 16.9. The molecule has 1 saturated heterocycles. The molecule has 1 aliphatic rings. The number of pyridine rings is 1. The molecular weight excluding hydrogens is 469 g/mol. The van der Waals surface area contributed by atoms with Crippen molar-refractivity contribution in [3.05, 3.63) is 72.4 Å².